The number of carbonyl (C=O) groups excluding carboxylic acids is 1. The van der Waals surface area contributed by atoms with Gasteiger partial charge < -0.3 is 9.47 Å². The van der Waals surface area contributed by atoms with Crippen molar-refractivity contribution in [3.63, 3.8) is 0 Å². The lowest BCUT2D eigenvalue weighted by Gasteiger charge is -2.15. The predicted octanol–water partition coefficient (Wildman–Crippen LogP) is 3.73. The molecule has 0 saturated heterocycles. The molecule has 0 unspecified atom stereocenters. The summed E-state index contributed by atoms with van der Waals surface area (Å²) in [4.78, 5) is 11.3. The van der Waals surface area contributed by atoms with Crippen LogP contribution in [0.15, 0.2) is 36.1 Å². The molecule has 3 heteroatoms. The van der Waals surface area contributed by atoms with Crippen LogP contribution in [0.25, 0.3) is 0 Å². The van der Waals surface area contributed by atoms with Crippen LogP contribution in [0.3, 0.4) is 0 Å². The summed E-state index contributed by atoms with van der Waals surface area (Å²) in [6.45, 7) is 5.49. The van der Waals surface area contributed by atoms with Gasteiger partial charge in [0.25, 0.3) is 0 Å². The van der Waals surface area contributed by atoms with Gasteiger partial charge >= 0.3 is 6.16 Å². The van der Waals surface area contributed by atoms with Gasteiger partial charge in [-0.3, -0.25) is 0 Å². The van der Waals surface area contributed by atoms with Crippen molar-refractivity contribution in [1.82, 2.24) is 0 Å². The number of allylic oxidation sites excluding steroid dienone is 3. The fourth-order valence-corrected chi connectivity index (χ4v) is 1.62. The molecule has 0 amide bonds. The lowest BCUT2D eigenvalue weighted by Crippen LogP contribution is -2.09. The van der Waals surface area contributed by atoms with Gasteiger partial charge in [0.05, 0.1) is 0 Å². The van der Waals surface area contributed by atoms with Crippen molar-refractivity contribution in [2.75, 3.05) is 6.61 Å². The molecule has 0 atom stereocenters. The highest BCUT2D eigenvalue weighted by molar-refractivity contribution is 5.62. The van der Waals surface area contributed by atoms with Gasteiger partial charge in [-0.25, -0.2) is 4.79 Å². The fraction of sp³-hybridized carbons (Fsp3) is 0.462. The van der Waals surface area contributed by atoms with Crippen LogP contribution < -0.4 is 0 Å². The smallest absolute Gasteiger partial charge is 0.430 e. The number of rotatable bonds is 4. The van der Waals surface area contributed by atoms with Gasteiger partial charge in [-0.05, 0) is 44.3 Å². The zero-order chi connectivity index (χ0) is 11.8. The second kappa shape index (κ2) is 6.88. The third-order valence-corrected chi connectivity index (χ3v) is 2.38. The lowest BCUT2D eigenvalue weighted by atomic mass is 9.98. The molecular formula is C13H18O3. The Morgan fingerprint density at radius 3 is 2.94 bits per heavy atom. The van der Waals surface area contributed by atoms with Crippen LogP contribution in [0.4, 0.5) is 4.79 Å². The molecule has 0 aliphatic heterocycles. The zero-order valence-electron chi connectivity index (χ0n) is 9.70. The van der Waals surface area contributed by atoms with Crippen LogP contribution in [0.2, 0.25) is 0 Å². The quantitative estimate of drug-likeness (QED) is 0.413. The second-order valence-electron chi connectivity index (χ2n) is 3.58. The van der Waals surface area contributed by atoms with Crippen LogP contribution in [-0.4, -0.2) is 12.8 Å². The molecule has 0 heterocycles. The average molecular weight is 222 g/mol. The van der Waals surface area contributed by atoms with E-state index < -0.39 is 6.16 Å². The van der Waals surface area contributed by atoms with E-state index >= 15 is 0 Å². The lowest BCUT2D eigenvalue weighted by molar-refractivity contribution is 0.0875. The van der Waals surface area contributed by atoms with E-state index in [1.54, 1.807) is 6.08 Å². The molecule has 1 rings (SSSR count). The topological polar surface area (TPSA) is 35.5 Å². The molecule has 0 aromatic rings. The molecule has 0 spiro atoms. The van der Waals surface area contributed by atoms with Crippen LogP contribution in [-0.2, 0) is 9.47 Å². The zero-order valence-corrected chi connectivity index (χ0v) is 9.70. The number of ether oxygens (including phenoxy) is 2. The first-order valence-corrected chi connectivity index (χ1v) is 5.59. The monoisotopic (exact) mass is 222 g/mol. The summed E-state index contributed by atoms with van der Waals surface area (Å²) in [6, 6.07) is 0. The molecule has 1 aliphatic carbocycles. The molecule has 3 nitrogen and oxygen atoms in total. The van der Waals surface area contributed by atoms with Gasteiger partial charge in [-0.1, -0.05) is 18.7 Å². The van der Waals surface area contributed by atoms with E-state index in [0.717, 1.165) is 24.8 Å². The highest BCUT2D eigenvalue weighted by Gasteiger charge is 2.13. The van der Waals surface area contributed by atoms with Crippen LogP contribution in [0.5, 0.6) is 0 Å². The summed E-state index contributed by atoms with van der Waals surface area (Å²) in [5.41, 5.74) is 1.10. The van der Waals surface area contributed by atoms with E-state index in [0.29, 0.717) is 5.76 Å². The Bertz CT molecular complexity index is 313. The van der Waals surface area contributed by atoms with Crippen molar-refractivity contribution in [3.8, 4) is 0 Å². The van der Waals surface area contributed by atoms with Gasteiger partial charge in [0.15, 0.2) is 0 Å². The van der Waals surface area contributed by atoms with Crippen LogP contribution >= 0.6 is 0 Å². The molecule has 0 radical (unpaired) electrons. The van der Waals surface area contributed by atoms with Crippen LogP contribution in [0.1, 0.15) is 32.6 Å². The first-order chi connectivity index (χ1) is 7.77. The van der Waals surface area contributed by atoms with E-state index in [1.807, 2.05) is 6.92 Å². The highest BCUT2D eigenvalue weighted by Crippen LogP contribution is 2.24. The third-order valence-electron chi connectivity index (χ3n) is 2.38. The molecule has 0 aromatic heterocycles. The Labute approximate surface area is 96.4 Å². The minimum absolute atomic E-state index is 0.175. The molecule has 0 aromatic carbocycles. The Balaban J connectivity index is 2.52. The Hall–Kier alpha value is -1.51. The van der Waals surface area contributed by atoms with Crippen LogP contribution in [0, 0.1) is 0 Å². The molecule has 16 heavy (non-hydrogen) atoms. The summed E-state index contributed by atoms with van der Waals surface area (Å²) < 4.78 is 9.89. The van der Waals surface area contributed by atoms with Gasteiger partial charge in [0, 0.05) is 0 Å². The van der Waals surface area contributed by atoms with E-state index in [9.17, 15) is 4.79 Å². The van der Waals surface area contributed by atoms with Gasteiger partial charge in [-0.15, -0.1) is 0 Å². The van der Waals surface area contributed by atoms with Crippen molar-refractivity contribution in [3.05, 3.63) is 36.1 Å². The van der Waals surface area contributed by atoms with Gasteiger partial charge in [0.2, 0.25) is 0 Å². The molecule has 0 N–H and O–H groups in total. The van der Waals surface area contributed by atoms with E-state index in [4.69, 9.17) is 9.47 Å². The first-order valence-electron chi connectivity index (χ1n) is 5.59. The summed E-state index contributed by atoms with van der Waals surface area (Å²) in [6.07, 6.45) is 9.14. The van der Waals surface area contributed by atoms with E-state index in [1.165, 1.54) is 12.5 Å². The maximum absolute atomic E-state index is 11.3. The van der Waals surface area contributed by atoms with Gasteiger partial charge in [0.1, 0.15) is 12.4 Å². The standard InChI is InChI=1S/C13H18O3/c1-3-10-15-13(14)16-12(4-2)11-8-6-5-7-9-11/h3-4,8H,1,5-7,9-10H2,2H3/b12-4-. The fourth-order valence-electron chi connectivity index (χ4n) is 1.62. The molecule has 88 valence electrons. The maximum atomic E-state index is 11.3. The van der Waals surface area contributed by atoms with Crippen molar-refractivity contribution >= 4 is 6.16 Å². The minimum Gasteiger partial charge on any atom is -0.430 e. The van der Waals surface area contributed by atoms with E-state index in [2.05, 4.69) is 12.7 Å². The summed E-state index contributed by atoms with van der Waals surface area (Å²) >= 11 is 0. The maximum Gasteiger partial charge on any atom is 0.514 e. The largest absolute Gasteiger partial charge is 0.514 e. The molecule has 0 saturated carbocycles. The van der Waals surface area contributed by atoms with Crippen molar-refractivity contribution in [2.24, 2.45) is 0 Å². The molecule has 0 bridgehead atoms. The second-order valence-corrected chi connectivity index (χ2v) is 3.58. The Morgan fingerprint density at radius 2 is 2.38 bits per heavy atom. The average Bonchev–Trinajstić information content (AvgIpc) is 2.34. The Morgan fingerprint density at radius 1 is 1.56 bits per heavy atom. The minimum atomic E-state index is -0.667. The Kier molecular flexibility index (Phi) is 5.40. The van der Waals surface area contributed by atoms with Gasteiger partial charge in [-0.2, -0.15) is 0 Å². The SMILES string of the molecule is C=CCOC(=O)O/C(=C\C)C1=CCCCC1. The highest BCUT2D eigenvalue weighted by atomic mass is 16.7. The third kappa shape index (κ3) is 3.93. The summed E-state index contributed by atoms with van der Waals surface area (Å²) in [7, 11) is 0. The number of hydrogen-bond donors (Lipinski definition) is 0. The van der Waals surface area contributed by atoms with Crippen molar-refractivity contribution in [1.29, 1.82) is 0 Å². The van der Waals surface area contributed by atoms with Crippen molar-refractivity contribution in [2.45, 2.75) is 32.6 Å². The van der Waals surface area contributed by atoms with Crippen molar-refractivity contribution < 1.29 is 14.3 Å². The normalized spacial score (nSPS) is 16.3. The molecule has 1 aliphatic rings. The predicted molar refractivity (Wildman–Crippen MR) is 62.9 cm³/mol. The number of carbonyl (C=O) groups is 1. The molecular weight excluding hydrogens is 204 g/mol. The summed E-state index contributed by atoms with van der Waals surface area (Å²) in [5.74, 6) is 0.619. The number of hydrogen-bond acceptors (Lipinski definition) is 3. The molecule has 0 fully saturated rings. The van der Waals surface area contributed by atoms with E-state index in [-0.39, 0.29) is 6.61 Å². The first kappa shape index (κ1) is 12.6. The summed E-state index contributed by atoms with van der Waals surface area (Å²) in [5, 5.41) is 0.